The van der Waals surface area contributed by atoms with Crippen molar-refractivity contribution in [2.75, 3.05) is 6.54 Å². The molecule has 1 amide bonds. The number of nitrogens with zero attached hydrogens (tertiary/aromatic N) is 2. The molecule has 106 valence electrons. The Morgan fingerprint density at radius 2 is 2.15 bits per heavy atom. The highest BCUT2D eigenvalue weighted by atomic mass is 16.4. The largest absolute Gasteiger partial charge is 0.423 e. The molecule has 1 aromatic heterocycles. The van der Waals surface area contributed by atoms with Gasteiger partial charge in [0, 0.05) is 17.7 Å². The number of aliphatic hydroxyl groups is 1. The zero-order chi connectivity index (χ0) is 14.4. The lowest BCUT2D eigenvalue weighted by atomic mass is 10.1. The van der Waals surface area contributed by atoms with Gasteiger partial charge in [0.25, 0.3) is 5.91 Å². The van der Waals surface area contributed by atoms with Crippen LogP contribution in [0.5, 0.6) is 0 Å². The molecule has 1 aromatic carbocycles. The molecule has 0 saturated heterocycles. The van der Waals surface area contributed by atoms with Gasteiger partial charge < -0.3 is 14.8 Å². The number of amides is 1. The molecule has 0 spiro atoms. The van der Waals surface area contributed by atoms with Gasteiger partial charge in [-0.05, 0) is 30.7 Å². The summed E-state index contributed by atoms with van der Waals surface area (Å²) in [5.74, 6) is 0.201. The maximum atomic E-state index is 11.9. The van der Waals surface area contributed by atoms with E-state index < -0.39 is 6.10 Å². The second kappa shape index (κ2) is 6.81. The van der Waals surface area contributed by atoms with Crippen molar-refractivity contribution in [3.8, 4) is 11.5 Å². The molecule has 0 fully saturated rings. The Kier molecular flexibility index (Phi) is 4.84. The fourth-order valence-electron chi connectivity index (χ4n) is 1.81. The van der Waals surface area contributed by atoms with Crippen molar-refractivity contribution in [3.05, 3.63) is 36.2 Å². The molecule has 1 unspecified atom stereocenters. The summed E-state index contributed by atoms with van der Waals surface area (Å²) in [6, 6.07) is 6.85. The predicted molar refractivity (Wildman–Crippen MR) is 73.0 cm³/mol. The molecule has 0 saturated carbocycles. The molecule has 6 heteroatoms. The molecular weight excluding hydrogens is 258 g/mol. The summed E-state index contributed by atoms with van der Waals surface area (Å²) in [6.45, 7) is 2.25. The molecular formula is C14H17N3O3. The highest BCUT2D eigenvalue weighted by molar-refractivity contribution is 5.94. The van der Waals surface area contributed by atoms with Gasteiger partial charge in [-0.25, -0.2) is 0 Å². The maximum absolute atomic E-state index is 11.9. The van der Waals surface area contributed by atoms with E-state index in [4.69, 9.17) is 4.42 Å². The van der Waals surface area contributed by atoms with Crippen molar-refractivity contribution in [2.45, 2.75) is 25.9 Å². The molecule has 0 aliphatic heterocycles. The Balaban J connectivity index is 1.94. The Bertz CT molecular complexity index is 537. The van der Waals surface area contributed by atoms with Gasteiger partial charge in [0.05, 0.1) is 6.10 Å². The Morgan fingerprint density at radius 3 is 2.75 bits per heavy atom. The van der Waals surface area contributed by atoms with Crippen molar-refractivity contribution in [1.82, 2.24) is 15.5 Å². The molecule has 2 aromatic rings. The van der Waals surface area contributed by atoms with Gasteiger partial charge in [0.2, 0.25) is 12.3 Å². The molecule has 1 atom stereocenters. The van der Waals surface area contributed by atoms with E-state index in [0.717, 1.165) is 12.0 Å². The first-order valence-corrected chi connectivity index (χ1v) is 6.53. The Morgan fingerprint density at radius 1 is 1.40 bits per heavy atom. The van der Waals surface area contributed by atoms with Crippen molar-refractivity contribution in [2.24, 2.45) is 0 Å². The van der Waals surface area contributed by atoms with Crippen LogP contribution in [-0.2, 0) is 0 Å². The third-order valence-corrected chi connectivity index (χ3v) is 2.87. The smallest absolute Gasteiger partial charge is 0.251 e. The van der Waals surface area contributed by atoms with Gasteiger partial charge in [-0.1, -0.05) is 13.3 Å². The molecule has 2 N–H and O–H groups in total. The average Bonchev–Trinajstić information content (AvgIpc) is 2.99. The number of aliphatic hydroxyl groups excluding tert-OH is 1. The number of hydrogen-bond acceptors (Lipinski definition) is 5. The van der Waals surface area contributed by atoms with Gasteiger partial charge in [-0.15, -0.1) is 10.2 Å². The van der Waals surface area contributed by atoms with Crippen molar-refractivity contribution < 1.29 is 14.3 Å². The number of nitrogens with one attached hydrogen (secondary N) is 1. The third-order valence-electron chi connectivity index (χ3n) is 2.87. The second-order valence-electron chi connectivity index (χ2n) is 4.47. The van der Waals surface area contributed by atoms with Crippen LogP contribution in [0.1, 0.15) is 30.1 Å². The highest BCUT2D eigenvalue weighted by Gasteiger charge is 2.09. The van der Waals surface area contributed by atoms with Crippen molar-refractivity contribution >= 4 is 5.91 Å². The van der Waals surface area contributed by atoms with Gasteiger partial charge in [0.15, 0.2) is 0 Å². The van der Waals surface area contributed by atoms with E-state index in [1.54, 1.807) is 24.3 Å². The van der Waals surface area contributed by atoms with E-state index in [-0.39, 0.29) is 12.5 Å². The monoisotopic (exact) mass is 275 g/mol. The minimum Gasteiger partial charge on any atom is -0.423 e. The number of aromatic nitrogens is 2. The number of carbonyl (C=O) groups excluding carboxylic acids is 1. The Hall–Kier alpha value is -2.21. The first-order valence-electron chi connectivity index (χ1n) is 6.53. The number of rotatable bonds is 6. The highest BCUT2D eigenvalue weighted by Crippen LogP contribution is 2.16. The van der Waals surface area contributed by atoms with E-state index in [9.17, 15) is 9.90 Å². The Labute approximate surface area is 116 Å². The number of hydrogen-bond donors (Lipinski definition) is 2. The van der Waals surface area contributed by atoms with E-state index in [2.05, 4.69) is 15.5 Å². The lowest BCUT2D eigenvalue weighted by Crippen LogP contribution is -2.31. The number of benzene rings is 1. The topological polar surface area (TPSA) is 88.2 Å². The SMILES string of the molecule is CCCC(O)CNC(=O)c1ccc(-c2nnco2)cc1. The minimum absolute atomic E-state index is 0.211. The van der Waals surface area contributed by atoms with E-state index in [1.165, 1.54) is 6.39 Å². The lowest BCUT2D eigenvalue weighted by Gasteiger charge is -2.10. The van der Waals surface area contributed by atoms with Gasteiger partial charge in [-0.2, -0.15) is 0 Å². The summed E-state index contributed by atoms with van der Waals surface area (Å²) in [5.41, 5.74) is 1.28. The summed E-state index contributed by atoms with van der Waals surface area (Å²) in [7, 11) is 0. The van der Waals surface area contributed by atoms with Crippen LogP contribution in [0.4, 0.5) is 0 Å². The zero-order valence-electron chi connectivity index (χ0n) is 11.2. The van der Waals surface area contributed by atoms with Crippen LogP contribution in [0.15, 0.2) is 35.1 Å². The molecule has 0 bridgehead atoms. The maximum Gasteiger partial charge on any atom is 0.251 e. The lowest BCUT2D eigenvalue weighted by molar-refractivity contribution is 0.0910. The van der Waals surface area contributed by atoms with Crippen LogP contribution in [0.3, 0.4) is 0 Å². The summed E-state index contributed by atoms with van der Waals surface area (Å²) in [5, 5.41) is 19.7. The molecule has 0 aliphatic carbocycles. The van der Waals surface area contributed by atoms with Crippen LogP contribution in [0, 0.1) is 0 Å². The average molecular weight is 275 g/mol. The minimum atomic E-state index is -0.499. The molecule has 1 heterocycles. The van der Waals surface area contributed by atoms with Crippen LogP contribution in [0.25, 0.3) is 11.5 Å². The van der Waals surface area contributed by atoms with Crippen LogP contribution < -0.4 is 5.32 Å². The quantitative estimate of drug-likeness (QED) is 0.836. The predicted octanol–water partition coefficient (Wildman–Crippen LogP) is 1.63. The van der Waals surface area contributed by atoms with Crippen LogP contribution >= 0.6 is 0 Å². The van der Waals surface area contributed by atoms with Crippen molar-refractivity contribution in [3.63, 3.8) is 0 Å². The third kappa shape index (κ3) is 3.64. The standard InChI is InChI=1S/C14H17N3O3/c1-2-3-12(18)8-15-13(19)10-4-6-11(7-5-10)14-17-16-9-20-14/h4-7,9,12,18H,2-3,8H2,1H3,(H,15,19). The summed E-state index contributed by atoms with van der Waals surface area (Å²) in [6.07, 6.45) is 2.32. The fraction of sp³-hybridized carbons (Fsp3) is 0.357. The summed E-state index contributed by atoms with van der Waals surface area (Å²) in [4.78, 5) is 11.9. The molecule has 6 nitrogen and oxygen atoms in total. The number of carbonyl (C=O) groups is 1. The van der Waals surface area contributed by atoms with Crippen LogP contribution in [0.2, 0.25) is 0 Å². The molecule has 0 aliphatic rings. The first kappa shape index (κ1) is 14.2. The summed E-state index contributed by atoms with van der Waals surface area (Å²) < 4.78 is 5.07. The van der Waals surface area contributed by atoms with Crippen LogP contribution in [-0.4, -0.2) is 33.9 Å². The van der Waals surface area contributed by atoms with Gasteiger partial charge in [-0.3, -0.25) is 4.79 Å². The molecule has 20 heavy (non-hydrogen) atoms. The first-order chi connectivity index (χ1) is 9.70. The van der Waals surface area contributed by atoms with E-state index in [0.29, 0.717) is 17.9 Å². The normalized spacial score (nSPS) is 12.1. The van der Waals surface area contributed by atoms with E-state index in [1.807, 2.05) is 6.92 Å². The fourth-order valence-corrected chi connectivity index (χ4v) is 1.81. The van der Waals surface area contributed by atoms with Crippen molar-refractivity contribution in [1.29, 1.82) is 0 Å². The van der Waals surface area contributed by atoms with Gasteiger partial charge >= 0.3 is 0 Å². The van der Waals surface area contributed by atoms with Gasteiger partial charge in [0.1, 0.15) is 0 Å². The zero-order valence-corrected chi connectivity index (χ0v) is 11.2. The van der Waals surface area contributed by atoms with E-state index >= 15 is 0 Å². The molecule has 2 rings (SSSR count). The second-order valence-corrected chi connectivity index (χ2v) is 4.47. The molecule has 0 radical (unpaired) electrons. The summed E-state index contributed by atoms with van der Waals surface area (Å²) >= 11 is 0.